The summed E-state index contributed by atoms with van der Waals surface area (Å²) in [4.78, 5) is 18.4. The van der Waals surface area contributed by atoms with Crippen molar-refractivity contribution in [2.24, 2.45) is 11.7 Å². The molecule has 1 aromatic carbocycles. The van der Waals surface area contributed by atoms with Crippen molar-refractivity contribution in [2.45, 2.75) is 12.1 Å². The van der Waals surface area contributed by atoms with Crippen molar-refractivity contribution in [3.05, 3.63) is 18.2 Å². The molecule has 0 saturated carbocycles. The van der Waals surface area contributed by atoms with Crippen molar-refractivity contribution in [1.82, 2.24) is 9.97 Å². The number of hydrogen-bond donors (Lipinski definition) is 3. The first-order valence-electron chi connectivity index (χ1n) is 5.23. The van der Waals surface area contributed by atoms with E-state index in [9.17, 15) is 4.79 Å². The number of imidazole rings is 1. The van der Waals surface area contributed by atoms with Gasteiger partial charge in [-0.05, 0) is 18.2 Å². The fourth-order valence-electron chi connectivity index (χ4n) is 1.36. The standard InChI is InChI=1S/C11H14N4OS/c1-6(10(13)16)5-17-11-14-8-3-2-7(12)4-9(8)15-11/h2-4,6H,5,12H2,1H3,(H2,13,16)(H,14,15). The Hall–Kier alpha value is -1.69. The fourth-order valence-corrected chi connectivity index (χ4v) is 2.28. The van der Waals surface area contributed by atoms with Crippen LogP contribution >= 0.6 is 11.8 Å². The molecule has 1 heterocycles. The van der Waals surface area contributed by atoms with Crippen LogP contribution in [-0.4, -0.2) is 21.6 Å². The first-order valence-corrected chi connectivity index (χ1v) is 6.22. The van der Waals surface area contributed by atoms with Gasteiger partial charge in [-0.15, -0.1) is 0 Å². The predicted octanol–water partition coefficient (Wildman–Crippen LogP) is 1.36. The zero-order chi connectivity index (χ0) is 12.4. The van der Waals surface area contributed by atoms with Gasteiger partial charge < -0.3 is 16.5 Å². The van der Waals surface area contributed by atoms with Crippen LogP contribution in [-0.2, 0) is 4.79 Å². The number of fused-ring (bicyclic) bond motifs is 1. The highest BCUT2D eigenvalue weighted by Crippen LogP contribution is 2.22. The number of thioether (sulfide) groups is 1. The zero-order valence-corrected chi connectivity index (χ0v) is 10.3. The van der Waals surface area contributed by atoms with Crippen molar-refractivity contribution >= 4 is 34.4 Å². The number of carbonyl (C=O) groups excluding carboxylic acids is 1. The van der Waals surface area contributed by atoms with Crippen LogP contribution in [0.25, 0.3) is 11.0 Å². The van der Waals surface area contributed by atoms with E-state index in [1.165, 1.54) is 11.8 Å². The molecule has 0 fully saturated rings. The number of nitrogens with two attached hydrogens (primary N) is 2. The lowest BCUT2D eigenvalue weighted by Crippen LogP contribution is -2.22. The van der Waals surface area contributed by atoms with E-state index < -0.39 is 0 Å². The largest absolute Gasteiger partial charge is 0.399 e. The zero-order valence-electron chi connectivity index (χ0n) is 9.43. The summed E-state index contributed by atoms with van der Waals surface area (Å²) < 4.78 is 0. The molecule has 0 spiro atoms. The third kappa shape index (κ3) is 2.71. The molecule has 0 aliphatic heterocycles. The highest BCUT2D eigenvalue weighted by atomic mass is 32.2. The summed E-state index contributed by atoms with van der Waals surface area (Å²) in [5.74, 6) is 0.154. The monoisotopic (exact) mass is 250 g/mol. The van der Waals surface area contributed by atoms with Gasteiger partial charge in [0.1, 0.15) is 0 Å². The van der Waals surface area contributed by atoms with Crippen LogP contribution < -0.4 is 11.5 Å². The van der Waals surface area contributed by atoms with Gasteiger partial charge in [-0.2, -0.15) is 0 Å². The summed E-state index contributed by atoms with van der Waals surface area (Å²) in [5, 5.41) is 0.777. The topological polar surface area (TPSA) is 97.8 Å². The van der Waals surface area contributed by atoms with Crippen LogP contribution in [0.3, 0.4) is 0 Å². The van der Waals surface area contributed by atoms with Crippen LogP contribution in [0.15, 0.2) is 23.4 Å². The molecule has 6 heteroatoms. The number of hydrogen-bond acceptors (Lipinski definition) is 4. The summed E-state index contributed by atoms with van der Waals surface area (Å²) in [5.41, 5.74) is 13.3. The Morgan fingerprint density at radius 2 is 2.35 bits per heavy atom. The number of carbonyl (C=O) groups is 1. The van der Waals surface area contributed by atoms with E-state index >= 15 is 0 Å². The number of anilines is 1. The van der Waals surface area contributed by atoms with Crippen LogP contribution in [0.1, 0.15) is 6.92 Å². The number of primary amides is 1. The number of H-pyrrole nitrogens is 1. The number of benzene rings is 1. The molecule has 2 rings (SSSR count). The molecule has 1 unspecified atom stereocenters. The second-order valence-corrected chi connectivity index (χ2v) is 4.94. The predicted molar refractivity (Wildman–Crippen MR) is 69.6 cm³/mol. The Labute approximate surface area is 103 Å². The Morgan fingerprint density at radius 1 is 1.59 bits per heavy atom. The molecule has 0 radical (unpaired) electrons. The average Bonchev–Trinajstić information content (AvgIpc) is 2.67. The molecule has 1 amide bonds. The molecule has 1 aromatic heterocycles. The minimum atomic E-state index is -0.294. The Kier molecular flexibility index (Phi) is 3.23. The second kappa shape index (κ2) is 4.67. The van der Waals surface area contributed by atoms with Gasteiger partial charge in [0, 0.05) is 17.4 Å². The molecular weight excluding hydrogens is 236 g/mol. The van der Waals surface area contributed by atoms with Crippen molar-refractivity contribution < 1.29 is 4.79 Å². The lowest BCUT2D eigenvalue weighted by Gasteiger charge is -2.03. The van der Waals surface area contributed by atoms with Gasteiger partial charge in [0.15, 0.2) is 5.16 Å². The third-order valence-electron chi connectivity index (χ3n) is 2.44. The van der Waals surface area contributed by atoms with Gasteiger partial charge in [0.05, 0.1) is 11.0 Å². The smallest absolute Gasteiger partial charge is 0.221 e. The van der Waals surface area contributed by atoms with Crippen molar-refractivity contribution in [3.63, 3.8) is 0 Å². The maximum Gasteiger partial charge on any atom is 0.221 e. The van der Waals surface area contributed by atoms with E-state index in [1.54, 1.807) is 6.92 Å². The molecule has 0 saturated heterocycles. The quantitative estimate of drug-likeness (QED) is 0.563. The van der Waals surface area contributed by atoms with E-state index in [0.717, 1.165) is 16.2 Å². The molecular formula is C11H14N4OS. The van der Waals surface area contributed by atoms with Gasteiger partial charge in [-0.3, -0.25) is 4.79 Å². The normalized spacial score (nSPS) is 12.8. The van der Waals surface area contributed by atoms with E-state index in [1.807, 2.05) is 18.2 Å². The maximum absolute atomic E-state index is 10.9. The first kappa shape index (κ1) is 11.8. The number of rotatable bonds is 4. The molecule has 0 aliphatic rings. The van der Waals surface area contributed by atoms with Crippen molar-refractivity contribution in [2.75, 3.05) is 11.5 Å². The van der Waals surface area contributed by atoms with E-state index in [-0.39, 0.29) is 11.8 Å². The van der Waals surface area contributed by atoms with Crippen LogP contribution in [0.4, 0.5) is 5.69 Å². The van der Waals surface area contributed by atoms with Crippen LogP contribution in [0.5, 0.6) is 0 Å². The minimum Gasteiger partial charge on any atom is -0.399 e. The Balaban J connectivity index is 2.12. The number of aromatic amines is 1. The van der Waals surface area contributed by atoms with Crippen molar-refractivity contribution in [3.8, 4) is 0 Å². The fraction of sp³-hybridized carbons (Fsp3) is 0.273. The summed E-state index contributed by atoms with van der Waals surface area (Å²) in [7, 11) is 0. The van der Waals surface area contributed by atoms with Gasteiger partial charge in [0.2, 0.25) is 5.91 Å². The van der Waals surface area contributed by atoms with Gasteiger partial charge in [-0.25, -0.2) is 4.98 Å². The maximum atomic E-state index is 10.9. The van der Waals surface area contributed by atoms with Crippen molar-refractivity contribution in [1.29, 1.82) is 0 Å². The number of amides is 1. The molecule has 2 aromatic rings. The number of nitrogens with one attached hydrogen (secondary N) is 1. The van der Waals surface area contributed by atoms with Gasteiger partial charge >= 0.3 is 0 Å². The summed E-state index contributed by atoms with van der Waals surface area (Å²) in [6, 6.07) is 5.51. The molecule has 90 valence electrons. The lowest BCUT2D eigenvalue weighted by molar-refractivity contribution is -0.120. The Morgan fingerprint density at radius 3 is 3.06 bits per heavy atom. The van der Waals surface area contributed by atoms with Crippen LogP contribution in [0, 0.1) is 5.92 Å². The molecule has 0 aliphatic carbocycles. The highest BCUT2D eigenvalue weighted by molar-refractivity contribution is 7.99. The molecule has 5 nitrogen and oxygen atoms in total. The van der Waals surface area contributed by atoms with E-state index in [0.29, 0.717) is 11.4 Å². The molecule has 5 N–H and O–H groups in total. The molecule has 17 heavy (non-hydrogen) atoms. The van der Waals surface area contributed by atoms with E-state index in [4.69, 9.17) is 11.5 Å². The highest BCUT2D eigenvalue weighted by Gasteiger charge is 2.11. The van der Waals surface area contributed by atoms with E-state index in [2.05, 4.69) is 9.97 Å². The molecule has 1 atom stereocenters. The second-order valence-electron chi connectivity index (χ2n) is 3.93. The summed E-state index contributed by atoms with van der Waals surface area (Å²) >= 11 is 1.48. The Bertz CT molecular complexity index is 551. The van der Waals surface area contributed by atoms with Gasteiger partial charge in [0.25, 0.3) is 0 Å². The SMILES string of the molecule is CC(CSc1nc2ccc(N)cc2[nH]1)C(N)=O. The van der Waals surface area contributed by atoms with Gasteiger partial charge in [-0.1, -0.05) is 18.7 Å². The number of aromatic nitrogens is 2. The number of nitrogens with zero attached hydrogens (tertiary/aromatic N) is 1. The number of nitrogen functional groups attached to an aromatic ring is 1. The lowest BCUT2D eigenvalue weighted by atomic mass is 10.2. The summed E-state index contributed by atoms with van der Waals surface area (Å²) in [6.07, 6.45) is 0. The molecule has 0 bridgehead atoms. The average molecular weight is 250 g/mol. The minimum absolute atomic E-state index is 0.168. The third-order valence-corrected chi connectivity index (χ3v) is 3.57. The van der Waals surface area contributed by atoms with Crippen LogP contribution in [0.2, 0.25) is 0 Å². The first-order chi connectivity index (χ1) is 8.06. The summed E-state index contributed by atoms with van der Waals surface area (Å²) in [6.45, 7) is 1.80.